The number of aromatic nitrogens is 2. The Morgan fingerprint density at radius 1 is 1.32 bits per heavy atom. The van der Waals surface area contributed by atoms with Crippen molar-refractivity contribution in [2.75, 3.05) is 13.2 Å². The number of carbonyl (C=O) groups is 1. The smallest absolute Gasteiger partial charge is 0.327 e. The monoisotopic (exact) mass is 314 g/mol. The maximum atomic E-state index is 14.3. The van der Waals surface area contributed by atoms with Crippen LogP contribution in [0, 0.1) is 11.7 Å². The van der Waals surface area contributed by atoms with Gasteiger partial charge in [0.2, 0.25) is 5.82 Å². The Balaban J connectivity index is 3.23. The standard InChI is InChI=1S/C15H23FN2O4/c1-6-21-11(19)7-18-15(20)12(16)14(22-8-9(2)3)13(17-18)10(4)5/h9-10H,6-8H2,1-5H3. The zero-order valence-corrected chi connectivity index (χ0v) is 13.7. The van der Waals surface area contributed by atoms with E-state index in [0.29, 0.717) is 5.69 Å². The summed E-state index contributed by atoms with van der Waals surface area (Å²) >= 11 is 0. The Hall–Kier alpha value is -1.92. The molecule has 0 aliphatic heterocycles. The van der Waals surface area contributed by atoms with Gasteiger partial charge >= 0.3 is 11.5 Å². The first-order valence-electron chi connectivity index (χ1n) is 7.36. The Kier molecular flexibility index (Phi) is 6.52. The molecule has 0 saturated heterocycles. The van der Waals surface area contributed by atoms with E-state index in [1.54, 1.807) is 6.92 Å². The van der Waals surface area contributed by atoms with E-state index in [4.69, 9.17) is 9.47 Å². The van der Waals surface area contributed by atoms with Crippen LogP contribution in [0.15, 0.2) is 4.79 Å². The summed E-state index contributed by atoms with van der Waals surface area (Å²) in [7, 11) is 0. The first-order chi connectivity index (χ1) is 10.3. The highest BCUT2D eigenvalue weighted by molar-refractivity contribution is 5.68. The molecule has 124 valence electrons. The number of rotatable bonds is 7. The van der Waals surface area contributed by atoms with Gasteiger partial charge in [-0.15, -0.1) is 0 Å². The SMILES string of the molecule is CCOC(=O)Cn1nc(C(C)C)c(OCC(C)C)c(F)c1=O. The Labute approximate surface area is 129 Å². The molecular weight excluding hydrogens is 291 g/mol. The van der Waals surface area contributed by atoms with Gasteiger partial charge in [0.15, 0.2) is 5.75 Å². The molecule has 0 aliphatic carbocycles. The van der Waals surface area contributed by atoms with E-state index in [1.807, 2.05) is 27.7 Å². The van der Waals surface area contributed by atoms with Crippen LogP contribution in [0.25, 0.3) is 0 Å². The summed E-state index contributed by atoms with van der Waals surface area (Å²) in [5.41, 5.74) is -0.682. The Bertz CT molecular complexity index is 582. The van der Waals surface area contributed by atoms with Gasteiger partial charge in [-0.25, -0.2) is 4.68 Å². The molecule has 0 radical (unpaired) electrons. The van der Waals surface area contributed by atoms with Crippen LogP contribution in [0.4, 0.5) is 4.39 Å². The van der Waals surface area contributed by atoms with Crippen LogP contribution < -0.4 is 10.3 Å². The van der Waals surface area contributed by atoms with Gasteiger partial charge in [-0.05, 0) is 12.8 Å². The van der Waals surface area contributed by atoms with E-state index < -0.39 is 23.9 Å². The molecule has 0 amide bonds. The molecule has 0 N–H and O–H groups in total. The molecule has 6 nitrogen and oxygen atoms in total. The van der Waals surface area contributed by atoms with Crippen LogP contribution in [-0.4, -0.2) is 29.0 Å². The van der Waals surface area contributed by atoms with Crippen molar-refractivity contribution in [1.29, 1.82) is 0 Å². The molecule has 1 aromatic rings. The lowest BCUT2D eigenvalue weighted by Gasteiger charge is -2.16. The van der Waals surface area contributed by atoms with E-state index in [1.165, 1.54) is 0 Å². The average Bonchev–Trinajstić information content (AvgIpc) is 2.42. The third-order valence-electron chi connectivity index (χ3n) is 2.77. The summed E-state index contributed by atoms with van der Waals surface area (Å²) in [5.74, 6) is -1.77. The molecule has 7 heteroatoms. The summed E-state index contributed by atoms with van der Waals surface area (Å²) in [6, 6.07) is 0. The predicted octanol–water partition coefficient (Wildman–Crippen LogP) is 2.10. The van der Waals surface area contributed by atoms with E-state index in [2.05, 4.69) is 5.10 Å². The number of nitrogens with zero attached hydrogens (tertiary/aromatic N) is 2. The van der Waals surface area contributed by atoms with Gasteiger partial charge < -0.3 is 9.47 Å². The molecule has 0 bridgehead atoms. The molecule has 1 heterocycles. The second-order valence-electron chi connectivity index (χ2n) is 5.66. The third-order valence-corrected chi connectivity index (χ3v) is 2.77. The molecule has 0 saturated carbocycles. The summed E-state index contributed by atoms with van der Waals surface area (Å²) in [5, 5.41) is 4.07. The van der Waals surface area contributed by atoms with Crippen molar-refractivity contribution in [2.24, 2.45) is 5.92 Å². The van der Waals surface area contributed by atoms with Gasteiger partial charge in [-0.3, -0.25) is 9.59 Å². The molecule has 0 atom stereocenters. The minimum absolute atomic E-state index is 0.131. The van der Waals surface area contributed by atoms with E-state index in [9.17, 15) is 14.0 Å². The van der Waals surface area contributed by atoms with Gasteiger partial charge in [0.05, 0.1) is 13.2 Å². The fourth-order valence-electron chi connectivity index (χ4n) is 1.74. The number of carbonyl (C=O) groups excluding carboxylic acids is 1. The van der Waals surface area contributed by atoms with Gasteiger partial charge in [0.25, 0.3) is 0 Å². The van der Waals surface area contributed by atoms with Crippen LogP contribution in [0.2, 0.25) is 0 Å². The number of hydrogen-bond acceptors (Lipinski definition) is 5. The van der Waals surface area contributed by atoms with E-state index >= 15 is 0 Å². The average molecular weight is 314 g/mol. The van der Waals surface area contributed by atoms with Crippen LogP contribution in [0.5, 0.6) is 5.75 Å². The van der Waals surface area contributed by atoms with E-state index in [0.717, 1.165) is 4.68 Å². The molecule has 0 spiro atoms. The number of ether oxygens (including phenoxy) is 2. The van der Waals surface area contributed by atoms with Gasteiger partial charge in [-0.2, -0.15) is 9.49 Å². The van der Waals surface area contributed by atoms with Crippen molar-refractivity contribution in [3.63, 3.8) is 0 Å². The highest BCUT2D eigenvalue weighted by Crippen LogP contribution is 2.25. The fraction of sp³-hybridized carbons (Fsp3) is 0.667. The second-order valence-corrected chi connectivity index (χ2v) is 5.66. The summed E-state index contributed by atoms with van der Waals surface area (Å²) in [6.07, 6.45) is 0. The zero-order valence-electron chi connectivity index (χ0n) is 13.7. The highest BCUT2D eigenvalue weighted by atomic mass is 19.1. The maximum absolute atomic E-state index is 14.3. The van der Waals surface area contributed by atoms with Crippen molar-refractivity contribution in [1.82, 2.24) is 9.78 Å². The lowest BCUT2D eigenvalue weighted by Crippen LogP contribution is -2.32. The lowest BCUT2D eigenvalue weighted by atomic mass is 10.1. The van der Waals surface area contributed by atoms with Crippen LogP contribution in [0.1, 0.15) is 46.2 Å². The Morgan fingerprint density at radius 2 is 1.95 bits per heavy atom. The molecular formula is C15H23FN2O4. The molecule has 22 heavy (non-hydrogen) atoms. The third kappa shape index (κ3) is 4.54. The summed E-state index contributed by atoms with van der Waals surface area (Å²) < 4.78 is 25.3. The van der Waals surface area contributed by atoms with Gasteiger partial charge in [0, 0.05) is 5.92 Å². The van der Waals surface area contributed by atoms with Crippen LogP contribution in [0.3, 0.4) is 0 Å². The minimum Gasteiger partial charge on any atom is -0.488 e. The first kappa shape index (κ1) is 18.1. The topological polar surface area (TPSA) is 70.4 Å². The highest BCUT2D eigenvalue weighted by Gasteiger charge is 2.22. The zero-order chi connectivity index (χ0) is 16.9. The number of esters is 1. The first-order valence-corrected chi connectivity index (χ1v) is 7.36. The quantitative estimate of drug-likeness (QED) is 0.721. The lowest BCUT2D eigenvalue weighted by molar-refractivity contribution is -0.144. The van der Waals surface area contributed by atoms with Crippen molar-refractivity contribution < 1.29 is 18.7 Å². The molecule has 1 aromatic heterocycles. The largest absolute Gasteiger partial charge is 0.488 e. The van der Waals surface area contributed by atoms with Crippen LogP contribution in [-0.2, 0) is 16.1 Å². The molecule has 0 unspecified atom stereocenters. The maximum Gasteiger partial charge on any atom is 0.327 e. The predicted molar refractivity (Wildman–Crippen MR) is 79.5 cm³/mol. The molecule has 1 rings (SSSR count). The fourth-order valence-corrected chi connectivity index (χ4v) is 1.74. The molecule has 0 aromatic carbocycles. The normalized spacial score (nSPS) is 11.1. The van der Waals surface area contributed by atoms with Crippen molar-refractivity contribution in [3.8, 4) is 5.75 Å². The van der Waals surface area contributed by atoms with Gasteiger partial charge in [-0.1, -0.05) is 27.7 Å². The second kappa shape index (κ2) is 7.91. The van der Waals surface area contributed by atoms with Crippen molar-refractivity contribution >= 4 is 5.97 Å². The summed E-state index contributed by atoms with van der Waals surface area (Å²) in [4.78, 5) is 23.5. The Morgan fingerprint density at radius 3 is 2.45 bits per heavy atom. The number of halogens is 1. The number of hydrogen-bond donors (Lipinski definition) is 0. The summed E-state index contributed by atoms with van der Waals surface area (Å²) in [6.45, 7) is 9.14. The molecule has 0 fully saturated rings. The van der Waals surface area contributed by atoms with Crippen molar-refractivity contribution in [3.05, 3.63) is 21.9 Å². The van der Waals surface area contributed by atoms with Gasteiger partial charge in [0.1, 0.15) is 12.2 Å². The van der Waals surface area contributed by atoms with Crippen molar-refractivity contribution in [2.45, 2.75) is 47.1 Å². The minimum atomic E-state index is -1.02. The van der Waals surface area contributed by atoms with Crippen LogP contribution >= 0.6 is 0 Å². The van der Waals surface area contributed by atoms with E-state index in [-0.39, 0.29) is 30.8 Å². The molecule has 0 aliphatic rings.